The molecule has 2 aromatic rings. The van der Waals surface area contributed by atoms with E-state index in [2.05, 4.69) is 5.32 Å². The normalized spacial score (nSPS) is 10.1. The van der Waals surface area contributed by atoms with E-state index in [0.717, 1.165) is 11.5 Å². The van der Waals surface area contributed by atoms with Crippen molar-refractivity contribution in [2.75, 3.05) is 25.6 Å². The predicted octanol–water partition coefficient (Wildman–Crippen LogP) is 3.67. The summed E-state index contributed by atoms with van der Waals surface area (Å²) in [6.07, 6.45) is 0.939. The number of ether oxygens (including phenoxy) is 3. The van der Waals surface area contributed by atoms with Crippen LogP contribution in [0.1, 0.15) is 30.1 Å². The summed E-state index contributed by atoms with van der Waals surface area (Å²) in [6.45, 7) is 2.53. The van der Waals surface area contributed by atoms with E-state index in [1.807, 2.05) is 24.3 Å². The fourth-order valence-electron chi connectivity index (χ4n) is 2.22. The molecule has 26 heavy (non-hydrogen) atoms. The lowest BCUT2D eigenvalue weighted by Crippen LogP contribution is -2.13. The van der Waals surface area contributed by atoms with Crippen LogP contribution in [0.3, 0.4) is 0 Å². The first-order chi connectivity index (χ1) is 12.6. The highest BCUT2D eigenvalue weighted by Gasteiger charge is 2.07. The Labute approximate surface area is 153 Å². The van der Waals surface area contributed by atoms with Gasteiger partial charge in [0, 0.05) is 12.1 Å². The summed E-state index contributed by atoms with van der Waals surface area (Å²) >= 11 is 0. The van der Waals surface area contributed by atoms with Gasteiger partial charge in [-0.3, -0.25) is 4.79 Å². The van der Waals surface area contributed by atoms with Crippen LogP contribution in [0.5, 0.6) is 11.5 Å². The van der Waals surface area contributed by atoms with Crippen molar-refractivity contribution in [3.63, 3.8) is 0 Å². The van der Waals surface area contributed by atoms with Crippen molar-refractivity contribution in [3.8, 4) is 11.5 Å². The maximum atomic E-state index is 12.0. The number of methoxy groups -OCH3 is 1. The van der Waals surface area contributed by atoms with Crippen molar-refractivity contribution < 1.29 is 23.8 Å². The Morgan fingerprint density at radius 2 is 1.62 bits per heavy atom. The molecule has 0 radical (unpaired) electrons. The van der Waals surface area contributed by atoms with Crippen molar-refractivity contribution in [2.24, 2.45) is 0 Å². The van der Waals surface area contributed by atoms with Gasteiger partial charge < -0.3 is 19.5 Å². The molecule has 0 aromatic heterocycles. The number of hydrogen-bond donors (Lipinski definition) is 1. The highest BCUT2D eigenvalue weighted by atomic mass is 16.5. The molecule has 6 nitrogen and oxygen atoms in total. The van der Waals surface area contributed by atoms with Crippen LogP contribution >= 0.6 is 0 Å². The van der Waals surface area contributed by atoms with Crippen molar-refractivity contribution in [3.05, 3.63) is 54.1 Å². The van der Waals surface area contributed by atoms with E-state index in [1.165, 1.54) is 0 Å². The second-order valence-corrected chi connectivity index (χ2v) is 5.47. The first kappa shape index (κ1) is 19.3. The summed E-state index contributed by atoms with van der Waals surface area (Å²) in [5.41, 5.74) is 1.09. The van der Waals surface area contributed by atoms with Crippen LogP contribution in [0.4, 0.5) is 5.69 Å². The number of hydrogen-bond acceptors (Lipinski definition) is 5. The molecule has 0 saturated carbocycles. The zero-order valence-electron chi connectivity index (χ0n) is 15.0. The second-order valence-electron chi connectivity index (χ2n) is 5.47. The third-order valence-electron chi connectivity index (χ3n) is 3.56. The molecule has 1 N–H and O–H groups in total. The van der Waals surface area contributed by atoms with Gasteiger partial charge in [-0.05, 0) is 61.9 Å². The quantitative estimate of drug-likeness (QED) is 0.547. The smallest absolute Gasteiger partial charge is 0.338 e. The maximum Gasteiger partial charge on any atom is 0.338 e. The average Bonchev–Trinajstić information content (AvgIpc) is 2.66. The number of amides is 1. The van der Waals surface area contributed by atoms with E-state index in [4.69, 9.17) is 14.2 Å². The van der Waals surface area contributed by atoms with Gasteiger partial charge in [0.2, 0.25) is 5.91 Å². The van der Waals surface area contributed by atoms with Gasteiger partial charge in [-0.15, -0.1) is 0 Å². The molecule has 138 valence electrons. The van der Waals surface area contributed by atoms with E-state index >= 15 is 0 Å². The molecule has 0 unspecified atom stereocenters. The van der Waals surface area contributed by atoms with Crippen LogP contribution in [-0.4, -0.2) is 32.2 Å². The first-order valence-electron chi connectivity index (χ1n) is 8.46. The molecular formula is C20H23NO5. The van der Waals surface area contributed by atoms with Crippen LogP contribution in [0.15, 0.2) is 48.5 Å². The van der Waals surface area contributed by atoms with Crippen molar-refractivity contribution in [2.45, 2.75) is 19.8 Å². The molecule has 0 aliphatic rings. The van der Waals surface area contributed by atoms with Gasteiger partial charge in [0.05, 0.1) is 25.9 Å². The minimum atomic E-state index is -0.374. The summed E-state index contributed by atoms with van der Waals surface area (Å²) in [6, 6.07) is 13.9. The number of rotatable bonds is 9. The number of carbonyl (C=O) groups excluding carboxylic acids is 2. The molecule has 0 saturated heterocycles. The Balaban J connectivity index is 1.70. The molecule has 2 aromatic carbocycles. The van der Waals surface area contributed by atoms with Gasteiger partial charge >= 0.3 is 5.97 Å². The van der Waals surface area contributed by atoms with Crippen LogP contribution in [-0.2, 0) is 9.53 Å². The van der Waals surface area contributed by atoms with E-state index in [9.17, 15) is 9.59 Å². The van der Waals surface area contributed by atoms with E-state index < -0.39 is 0 Å². The Morgan fingerprint density at radius 1 is 0.962 bits per heavy atom. The predicted molar refractivity (Wildman–Crippen MR) is 98.8 cm³/mol. The lowest BCUT2D eigenvalue weighted by molar-refractivity contribution is -0.116. The SMILES string of the molecule is CCOC(=O)c1ccc(NC(=O)CCCOc2ccc(OC)cc2)cc1. The highest BCUT2D eigenvalue weighted by molar-refractivity contribution is 5.93. The number of benzene rings is 2. The number of esters is 1. The monoisotopic (exact) mass is 357 g/mol. The molecule has 2 rings (SSSR count). The molecule has 6 heteroatoms. The molecule has 0 aliphatic heterocycles. The molecule has 0 atom stereocenters. The zero-order chi connectivity index (χ0) is 18.8. The van der Waals surface area contributed by atoms with Crippen molar-refractivity contribution >= 4 is 17.6 Å². The lowest BCUT2D eigenvalue weighted by atomic mass is 10.2. The largest absolute Gasteiger partial charge is 0.497 e. The van der Waals surface area contributed by atoms with Gasteiger partial charge in [0.15, 0.2) is 0 Å². The summed E-state index contributed by atoms with van der Waals surface area (Å²) in [4.78, 5) is 23.5. The molecule has 0 aliphatic carbocycles. The summed E-state index contributed by atoms with van der Waals surface area (Å²) in [5.74, 6) is 1.03. The zero-order valence-corrected chi connectivity index (χ0v) is 15.0. The Kier molecular flexibility index (Phi) is 7.49. The standard InChI is InChI=1S/C20H23NO5/c1-3-25-20(23)15-6-8-16(9-7-15)21-19(22)5-4-14-26-18-12-10-17(24-2)11-13-18/h6-13H,3-5,14H2,1-2H3,(H,21,22). The van der Waals surface area contributed by atoms with Crippen LogP contribution in [0, 0.1) is 0 Å². The van der Waals surface area contributed by atoms with E-state index in [1.54, 1.807) is 38.3 Å². The fraction of sp³-hybridized carbons (Fsp3) is 0.300. The van der Waals surface area contributed by atoms with Gasteiger partial charge in [-0.2, -0.15) is 0 Å². The van der Waals surface area contributed by atoms with Crippen LogP contribution < -0.4 is 14.8 Å². The van der Waals surface area contributed by atoms with E-state index in [-0.39, 0.29) is 11.9 Å². The third kappa shape index (κ3) is 6.12. The van der Waals surface area contributed by atoms with Gasteiger partial charge in [0.1, 0.15) is 11.5 Å². The molecule has 0 bridgehead atoms. The fourth-order valence-corrected chi connectivity index (χ4v) is 2.22. The van der Waals surface area contributed by atoms with Crippen LogP contribution in [0.25, 0.3) is 0 Å². The lowest BCUT2D eigenvalue weighted by Gasteiger charge is -2.08. The number of carbonyl (C=O) groups is 2. The minimum Gasteiger partial charge on any atom is -0.497 e. The Bertz CT molecular complexity index is 710. The van der Waals surface area contributed by atoms with Gasteiger partial charge in [0.25, 0.3) is 0 Å². The molecule has 1 amide bonds. The minimum absolute atomic E-state index is 0.104. The first-order valence-corrected chi connectivity index (χ1v) is 8.46. The summed E-state index contributed by atoms with van der Waals surface area (Å²) < 4.78 is 15.6. The maximum absolute atomic E-state index is 12.0. The Hall–Kier alpha value is -3.02. The van der Waals surface area contributed by atoms with Crippen LogP contribution in [0.2, 0.25) is 0 Å². The highest BCUT2D eigenvalue weighted by Crippen LogP contribution is 2.17. The molecule has 0 heterocycles. The average molecular weight is 357 g/mol. The number of anilines is 1. The molecular weight excluding hydrogens is 334 g/mol. The van der Waals surface area contributed by atoms with Gasteiger partial charge in [-0.1, -0.05) is 0 Å². The summed E-state index contributed by atoms with van der Waals surface area (Å²) in [7, 11) is 1.61. The second kappa shape index (κ2) is 10.1. The third-order valence-corrected chi connectivity index (χ3v) is 3.56. The van der Waals surface area contributed by atoms with E-state index in [0.29, 0.717) is 37.3 Å². The Morgan fingerprint density at radius 3 is 2.23 bits per heavy atom. The number of nitrogens with one attached hydrogen (secondary N) is 1. The topological polar surface area (TPSA) is 73.9 Å². The molecule has 0 fully saturated rings. The molecule has 0 spiro atoms. The van der Waals surface area contributed by atoms with Crippen molar-refractivity contribution in [1.82, 2.24) is 0 Å². The van der Waals surface area contributed by atoms with Gasteiger partial charge in [-0.25, -0.2) is 4.79 Å². The summed E-state index contributed by atoms with van der Waals surface area (Å²) in [5, 5.41) is 2.79. The van der Waals surface area contributed by atoms with Crippen molar-refractivity contribution in [1.29, 1.82) is 0 Å².